The second kappa shape index (κ2) is 5.87. The van der Waals surface area contributed by atoms with Gasteiger partial charge in [0, 0.05) is 16.7 Å². The van der Waals surface area contributed by atoms with E-state index in [-0.39, 0.29) is 0 Å². The van der Waals surface area contributed by atoms with Gasteiger partial charge >= 0.3 is 0 Å². The maximum absolute atomic E-state index is 11.6. The molecule has 5 heteroatoms. The molecule has 1 aliphatic rings. The number of carbonyl (C=O) groups excluding carboxylic acids is 1. The molecule has 0 unspecified atom stereocenters. The van der Waals surface area contributed by atoms with Crippen molar-refractivity contribution in [2.45, 2.75) is 13.0 Å². The van der Waals surface area contributed by atoms with Crippen LogP contribution in [-0.4, -0.2) is 12.5 Å². The molecule has 1 heterocycles. The lowest BCUT2D eigenvalue weighted by Crippen LogP contribution is -2.24. The van der Waals surface area contributed by atoms with Gasteiger partial charge in [-0.1, -0.05) is 28.1 Å². The first-order chi connectivity index (χ1) is 10.1. The van der Waals surface area contributed by atoms with Crippen molar-refractivity contribution in [3.63, 3.8) is 0 Å². The molecule has 2 aromatic rings. The molecule has 0 aliphatic carbocycles. The van der Waals surface area contributed by atoms with Crippen molar-refractivity contribution in [2.75, 3.05) is 11.9 Å². The van der Waals surface area contributed by atoms with Crippen molar-refractivity contribution in [3.05, 3.63) is 57.6 Å². The molecule has 1 aliphatic heterocycles. The molecule has 0 fully saturated rings. The highest BCUT2D eigenvalue weighted by Crippen LogP contribution is 2.29. The minimum atomic E-state index is -0.434. The summed E-state index contributed by atoms with van der Waals surface area (Å²) in [6, 6.07) is 11.6. The van der Waals surface area contributed by atoms with E-state index in [0.717, 1.165) is 35.4 Å². The third kappa shape index (κ3) is 2.94. The summed E-state index contributed by atoms with van der Waals surface area (Å²) in [5.74, 6) is -0.434. The van der Waals surface area contributed by atoms with Crippen molar-refractivity contribution in [1.29, 1.82) is 0 Å². The van der Waals surface area contributed by atoms with Gasteiger partial charge in [-0.15, -0.1) is 0 Å². The lowest BCUT2D eigenvalue weighted by atomic mass is 9.98. The number of anilines is 2. The van der Waals surface area contributed by atoms with Crippen LogP contribution in [0.2, 0.25) is 0 Å². The highest BCUT2D eigenvalue weighted by atomic mass is 79.9. The number of benzene rings is 2. The molecule has 108 valence electrons. The lowest BCUT2D eigenvalue weighted by Gasteiger charge is -2.21. The smallest absolute Gasteiger partial charge is 0.250 e. The Morgan fingerprint density at radius 3 is 2.90 bits per heavy atom. The number of hydrogen-bond acceptors (Lipinski definition) is 3. The normalized spacial score (nSPS) is 13.6. The Bertz CT molecular complexity index is 700. The summed E-state index contributed by atoms with van der Waals surface area (Å²) in [5, 5.41) is 6.73. The van der Waals surface area contributed by atoms with Crippen LogP contribution in [0.25, 0.3) is 0 Å². The Kier molecular flexibility index (Phi) is 3.94. The number of nitrogens with two attached hydrogens (primary N) is 1. The predicted molar refractivity (Wildman–Crippen MR) is 87.8 cm³/mol. The maximum Gasteiger partial charge on any atom is 0.250 e. The van der Waals surface area contributed by atoms with Crippen LogP contribution in [0.15, 0.2) is 40.9 Å². The van der Waals surface area contributed by atoms with Crippen LogP contribution in [0.4, 0.5) is 11.4 Å². The molecule has 21 heavy (non-hydrogen) atoms. The first-order valence-corrected chi connectivity index (χ1v) is 7.62. The monoisotopic (exact) mass is 345 g/mol. The Hall–Kier alpha value is -1.85. The van der Waals surface area contributed by atoms with Crippen molar-refractivity contribution in [3.8, 4) is 0 Å². The van der Waals surface area contributed by atoms with Crippen LogP contribution in [0.5, 0.6) is 0 Å². The van der Waals surface area contributed by atoms with Crippen LogP contribution in [0.1, 0.15) is 21.5 Å². The summed E-state index contributed by atoms with van der Waals surface area (Å²) in [7, 11) is 0. The number of amides is 1. The van der Waals surface area contributed by atoms with Crippen LogP contribution < -0.4 is 16.4 Å². The van der Waals surface area contributed by atoms with E-state index in [1.54, 1.807) is 6.07 Å². The summed E-state index contributed by atoms with van der Waals surface area (Å²) in [6.07, 6.45) is 0.971. The van der Waals surface area contributed by atoms with Gasteiger partial charge in [0.25, 0.3) is 5.91 Å². The third-order valence-corrected chi connectivity index (χ3v) is 4.15. The van der Waals surface area contributed by atoms with E-state index < -0.39 is 5.91 Å². The summed E-state index contributed by atoms with van der Waals surface area (Å²) < 4.78 is 0.904. The van der Waals surface area contributed by atoms with Crippen molar-refractivity contribution >= 4 is 33.2 Å². The maximum atomic E-state index is 11.6. The van der Waals surface area contributed by atoms with Gasteiger partial charge in [-0.05, 0) is 48.4 Å². The first kappa shape index (κ1) is 14.1. The van der Waals surface area contributed by atoms with Gasteiger partial charge < -0.3 is 16.4 Å². The number of primary amides is 1. The van der Waals surface area contributed by atoms with Crippen LogP contribution >= 0.6 is 15.9 Å². The van der Waals surface area contributed by atoms with Crippen molar-refractivity contribution in [2.24, 2.45) is 5.73 Å². The van der Waals surface area contributed by atoms with Crippen LogP contribution in [0, 0.1) is 0 Å². The third-order valence-electron chi connectivity index (χ3n) is 3.66. The Morgan fingerprint density at radius 2 is 2.10 bits per heavy atom. The molecular weight excluding hydrogens is 330 g/mol. The largest absolute Gasteiger partial charge is 0.366 e. The van der Waals surface area contributed by atoms with E-state index in [4.69, 9.17) is 5.73 Å². The van der Waals surface area contributed by atoms with E-state index >= 15 is 0 Å². The molecule has 0 radical (unpaired) electrons. The fourth-order valence-electron chi connectivity index (χ4n) is 2.63. The van der Waals surface area contributed by atoms with Gasteiger partial charge in [-0.3, -0.25) is 4.79 Å². The first-order valence-electron chi connectivity index (χ1n) is 6.83. The Morgan fingerprint density at radius 1 is 1.24 bits per heavy atom. The fraction of sp³-hybridized carbons (Fsp3) is 0.188. The molecule has 0 saturated carbocycles. The van der Waals surface area contributed by atoms with Gasteiger partial charge in [0.15, 0.2) is 0 Å². The van der Waals surface area contributed by atoms with Gasteiger partial charge in [0.2, 0.25) is 0 Å². The zero-order valence-electron chi connectivity index (χ0n) is 11.4. The van der Waals surface area contributed by atoms with E-state index in [1.807, 2.05) is 24.3 Å². The zero-order chi connectivity index (χ0) is 14.8. The highest BCUT2D eigenvalue weighted by Gasteiger charge is 2.15. The second-order valence-electron chi connectivity index (χ2n) is 5.05. The van der Waals surface area contributed by atoms with E-state index in [0.29, 0.717) is 5.56 Å². The summed E-state index contributed by atoms with van der Waals surface area (Å²) in [4.78, 5) is 11.6. The van der Waals surface area contributed by atoms with Crippen molar-refractivity contribution < 1.29 is 4.79 Å². The average Bonchev–Trinajstić information content (AvgIpc) is 2.47. The number of hydrogen-bond donors (Lipinski definition) is 3. The summed E-state index contributed by atoms with van der Waals surface area (Å²) >= 11 is 3.43. The zero-order valence-corrected chi connectivity index (χ0v) is 13.0. The summed E-state index contributed by atoms with van der Waals surface area (Å²) in [6.45, 7) is 1.85. The average molecular weight is 346 g/mol. The van der Waals surface area contributed by atoms with Gasteiger partial charge in [-0.25, -0.2) is 0 Å². The van der Waals surface area contributed by atoms with E-state index in [2.05, 4.69) is 32.6 Å². The quantitative estimate of drug-likeness (QED) is 0.801. The van der Waals surface area contributed by atoms with Crippen LogP contribution in [0.3, 0.4) is 0 Å². The Labute approximate surface area is 131 Å². The number of halogens is 1. The SMILES string of the molecule is NC(=O)c1ccc(Br)cc1Nc1cccc2c1CCNC2. The number of fused-ring (bicyclic) bond motifs is 1. The number of rotatable bonds is 3. The van der Waals surface area contributed by atoms with E-state index in [9.17, 15) is 4.79 Å². The molecule has 4 N–H and O–H groups in total. The van der Waals surface area contributed by atoms with Crippen molar-refractivity contribution in [1.82, 2.24) is 5.32 Å². The highest BCUT2D eigenvalue weighted by molar-refractivity contribution is 9.10. The fourth-order valence-corrected chi connectivity index (χ4v) is 2.99. The lowest BCUT2D eigenvalue weighted by molar-refractivity contribution is 0.100. The molecule has 3 rings (SSSR count). The molecular formula is C16H16BrN3O. The number of carbonyl (C=O) groups is 1. The minimum Gasteiger partial charge on any atom is -0.366 e. The molecule has 2 aromatic carbocycles. The molecule has 0 aromatic heterocycles. The molecule has 0 spiro atoms. The molecule has 1 amide bonds. The molecule has 0 saturated heterocycles. The minimum absolute atomic E-state index is 0.434. The predicted octanol–water partition coefficient (Wildman–Crippen LogP) is 2.94. The molecule has 0 bridgehead atoms. The van der Waals surface area contributed by atoms with Gasteiger partial charge in [0.05, 0.1) is 11.3 Å². The summed E-state index contributed by atoms with van der Waals surface area (Å²) in [5.41, 5.74) is 10.3. The van der Waals surface area contributed by atoms with Gasteiger partial charge in [0.1, 0.15) is 0 Å². The van der Waals surface area contributed by atoms with Crippen LogP contribution in [-0.2, 0) is 13.0 Å². The van der Waals surface area contributed by atoms with E-state index in [1.165, 1.54) is 11.1 Å². The molecule has 4 nitrogen and oxygen atoms in total. The number of nitrogens with one attached hydrogen (secondary N) is 2. The topological polar surface area (TPSA) is 67.2 Å². The Balaban J connectivity index is 2.01. The second-order valence-corrected chi connectivity index (χ2v) is 5.96. The molecule has 0 atom stereocenters. The van der Waals surface area contributed by atoms with Gasteiger partial charge in [-0.2, -0.15) is 0 Å². The standard InChI is InChI=1S/C16H16BrN3O/c17-11-4-5-13(16(18)21)15(8-11)20-14-3-1-2-10-9-19-7-6-12(10)14/h1-5,8,19-20H,6-7,9H2,(H2,18,21).